The third-order valence-electron chi connectivity index (χ3n) is 6.60. The molecule has 4 aromatic rings. The van der Waals surface area contributed by atoms with E-state index < -0.39 is 21.9 Å². The van der Waals surface area contributed by atoms with Gasteiger partial charge in [0.05, 0.1) is 25.2 Å². The molecule has 0 aliphatic carbocycles. The van der Waals surface area contributed by atoms with Crippen molar-refractivity contribution < 1.29 is 22.7 Å². The van der Waals surface area contributed by atoms with Crippen molar-refractivity contribution >= 4 is 32.7 Å². The number of hydrogen-bond donors (Lipinski definition) is 1. The number of aromatic amines is 1. The number of H-pyrrole nitrogens is 1. The van der Waals surface area contributed by atoms with Crippen LogP contribution in [-0.2, 0) is 19.6 Å². The first kappa shape index (κ1) is 24.6. The lowest BCUT2D eigenvalue weighted by molar-refractivity contribution is -0.138. The minimum absolute atomic E-state index is 0.0371. The summed E-state index contributed by atoms with van der Waals surface area (Å²) in [5.74, 6) is -0.0136. The van der Waals surface area contributed by atoms with Crippen molar-refractivity contribution in [2.24, 2.45) is 0 Å². The highest BCUT2D eigenvalue weighted by Gasteiger charge is 2.38. The zero-order valence-electron chi connectivity index (χ0n) is 20.9. The molecule has 7 nitrogen and oxygen atoms in total. The first-order valence-electron chi connectivity index (χ1n) is 12.1. The molecule has 1 unspecified atom stereocenters. The van der Waals surface area contributed by atoms with Gasteiger partial charge in [-0.2, -0.15) is 0 Å². The molecule has 0 spiro atoms. The molecule has 2 heterocycles. The second-order valence-corrected chi connectivity index (χ2v) is 10.7. The average Bonchev–Trinajstić information content (AvgIpc) is 3.17. The summed E-state index contributed by atoms with van der Waals surface area (Å²) < 4.78 is 40.2. The molecule has 8 heteroatoms. The van der Waals surface area contributed by atoms with Crippen LogP contribution in [0.15, 0.2) is 89.3 Å². The van der Waals surface area contributed by atoms with Gasteiger partial charge in [0.25, 0.3) is 10.0 Å². The standard InChI is InChI=1S/C29H28N2O5S/c1-4-36-29(32)24-16-17-31(37(33,34)22-14-12-19(2)13-15-22)28-27(23-10-5-6-11-25(23)30-28)26(24)20-8-7-9-21(18-20)35-3/h5-16,18,26,30H,4,17H2,1-3H3. The first-order valence-corrected chi connectivity index (χ1v) is 13.5. The Morgan fingerprint density at radius 2 is 1.81 bits per heavy atom. The summed E-state index contributed by atoms with van der Waals surface area (Å²) in [5.41, 5.74) is 3.59. The molecule has 0 bridgehead atoms. The Labute approximate surface area is 216 Å². The Morgan fingerprint density at radius 3 is 2.54 bits per heavy atom. The number of nitrogens with one attached hydrogen (secondary N) is 1. The van der Waals surface area contributed by atoms with Crippen molar-refractivity contribution in [2.45, 2.75) is 24.7 Å². The molecule has 37 heavy (non-hydrogen) atoms. The summed E-state index contributed by atoms with van der Waals surface area (Å²) in [7, 11) is -2.38. The number of carbonyl (C=O) groups is 1. The SMILES string of the molecule is CCOC(=O)C1=CCN(S(=O)(=O)c2ccc(C)cc2)c2[nH]c3ccccc3c2C1c1cccc(OC)c1. The van der Waals surface area contributed by atoms with Crippen LogP contribution in [0.4, 0.5) is 5.82 Å². The van der Waals surface area contributed by atoms with Crippen molar-refractivity contribution in [1.29, 1.82) is 0 Å². The van der Waals surface area contributed by atoms with E-state index in [0.717, 1.165) is 22.0 Å². The van der Waals surface area contributed by atoms with Crippen molar-refractivity contribution in [3.8, 4) is 5.75 Å². The number of esters is 1. The van der Waals surface area contributed by atoms with E-state index in [-0.39, 0.29) is 18.0 Å². The quantitative estimate of drug-likeness (QED) is 0.351. The van der Waals surface area contributed by atoms with E-state index >= 15 is 0 Å². The number of para-hydroxylation sites is 1. The number of sulfonamides is 1. The number of aromatic nitrogens is 1. The number of methoxy groups -OCH3 is 1. The fourth-order valence-electron chi connectivity index (χ4n) is 4.82. The van der Waals surface area contributed by atoms with E-state index in [0.29, 0.717) is 22.7 Å². The van der Waals surface area contributed by atoms with Crippen LogP contribution in [-0.4, -0.2) is 39.6 Å². The van der Waals surface area contributed by atoms with Gasteiger partial charge in [0.15, 0.2) is 0 Å². The number of ether oxygens (including phenoxy) is 2. The van der Waals surface area contributed by atoms with Crippen LogP contribution in [0.1, 0.15) is 29.5 Å². The number of fused-ring (bicyclic) bond motifs is 3. The van der Waals surface area contributed by atoms with Crippen LogP contribution in [0.5, 0.6) is 5.75 Å². The van der Waals surface area contributed by atoms with Crippen LogP contribution in [0.2, 0.25) is 0 Å². The molecule has 3 aromatic carbocycles. The second kappa shape index (κ2) is 9.78. The van der Waals surface area contributed by atoms with E-state index in [9.17, 15) is 13.2 Å². The van der Waals surface area contributed by atoms with Crippen molar-refractivity contribution in [2.75, 3.05) is 24.6 Å². The fraction of sp³-hybridized carbons (Fsp3) is 0.207. The van der Waals surface area contributed by atoms with Crippen LogP contribution in [0.3, 0.4) is 0 Å². The predicted octanol–water partition coefficient (Wildman–Crippen LogP) is 5.32. The van der Waals surface area contributed by atoms with Gasteiger partial charge in [0, 0.05) is 28.0 Å². The number of carbonyl (C=O) groups excluding carboxylic acids is 1. The van der Waals surface area contributed by atoms with Gasteiger partial charge in [-0.05, 0) is 49.7 Å². The maximum atomic E-state index is 14.0. The maximum absolute atomic E-state index is 14.0. The number of hydrogen-bond acceptors (Lipinski definition) is 5. The van der Waals surface area contributed by atoms with E-state index in [1.807, 2.05) is 55.5 Å². The highest BCUT2D eigenvalue weighted by Crippen LogP contribution is 2.46. The zero-order valence-corrected chi connectivity index (χ0v) is 21.7. The molecule has 1 aliphatic rings. The van der Waals surface area contributed by atoms with Gasteiger partial charge >= 0.3 is 5.97 Å². The molecule has 1 atom stereocenters. The molecule has 1 aliphatic heterocycles. The molecule has 0 fully saturated rings. The van der Waals surface area contributed by atoms with Gasteiger partial charge in [-0.1, -0.05) is 54.1 Å². The largest absolute Gasteiger partial charge is 0.497 e. The monoisotopic (exact) mass is 516 g/mol. The maximum Gasteiger partial charge on any atom is 0.334 e. The Hall–Kier alpha value is -4.04. The predicted molar refractivity (Wildman–Crippen MR) is 144 cm³/mol. The van der Waals surface area contributed by atoms with E-state index in [2.05, 4.69) is 4.98 Å². The molecule has 0 amide bonds. The molecule has 5 rings (SSSR count). The number of aryl methyl sites for hydroxylation is 1. The van der Waals surface area contributed by atoms with Gasteiger partial charge < -0.3 is 14.5 Å². The lowest BCUT2D eigenvalue weighted by atomic mass is 9.84. The van der Waals surface area contributed by atoms with E-state index in [1.54, 1.807) is 44.4 Å². The van der Waals surface area contributed by atoms with Gasteiger partial charge in [-0.15, -0.1) is 0 Å². The number of anilines is 1. The van der Waals surface area contributed by atoms with Crippen molar-refractivity contribution in [3.05, 3.63) is 101 Å². The Morgan fingerprint density at radius 1 is 1.05 bits per heavy atom. The van der Waals surface area contributed by atoms with Gasteiger partial charge in [-0.25, -0.2) is 17.5 Å². The van der Waals surface area contributed by atoms with E-state index in [4.69, 9.17) is 9.47 Å². The number of rotatable bonds is 6. The second-order valence-electron chi connectivity index (χ2n) is 8.87. The Kier molecular flexibility index (Phi) is 6.52. The summed E-state index contributed by atoms with van der Waals surface area (Å²) in [6.07, 6.45) is 1.66. The first-order chi connectivity index (χ1) is 17.8. The van der Waals surface area contributed by atoms with Crippen LogP contribution in [0.25, 0.3) is 10.9 Å². The topological polar surface area (TPSA) is 88.7 Å². The molecule has 190 valence electrons. The minimum Gasteiger partial charge on any atom is -0.497 e. The fourth-order valence-corrected chi connectivity index (χ4v) is 6.21. The molecule has 0 radical (unpaired) electrons. The van der Waals surface area contributed by atoms with Gasteiger partial charge in [0.1, 0.15) is 11.6 Å². The lowest BCUT2D eigenvalue weighted by Gasteiger charge is -2.24. The van der Waals surface area contributed by atoms with Gasteiger partial charge in [-0.3, -0.25) is 0 Å². The van der Waals surface area contributed by atoms with Crippen LogP contribution < -0.4 is 9.04 Å². The summed E-state index contributed by atoms with van der Waals surface area (Å²) in [6, 6.07) is 21.8. The Bertz CT molecular complexity index is 1600. The average molecular weight is 517 g/mol. The lowest BCUT2D eigenvalue weighted by Crippen LogP contribution is -2.31. The van der Waals surface area contributed by atoms with Crippen molar-refractivity contribution in [1.82, 2.24) is 4.98 Å². The third-order valence-corrected chi connectivity index (χ3v) is 8.38. The summed E-state index contributed by atoms with van der Waals surface area (Å²) >= 11 is 0. The molecular weight excluding hydrogens is 488 g/mol. The number of benzene rings is 3. The summed E-state index contributed by atoms with van der Waals surface area (Å²) in [4.78, 5) is 16.8. The van der Waals surface area contributed by atoms with Gasteiger partial charge in [0.2, 0.25) is 0 Å². The summed E-state index contributed by atoms with van der Waals surface area (Å²) in [5, 5.41) is 0.825. The van der Waals surface area contributed by atoms with Crippen LogP contribution >= 0.6 is 0 Å². The summed E-state index contributed by atoms with van der Waals surface area (Å²) in [6.45, 7) is 3.82. The van der Waals surface area contributed by atoms with Crippen LogP contribution in [0, 0.1) is 6.92 Å². The highest BCUT2D eigenvalue weighted by atomic mass is 32.2. The third kappa shape index (κ3) is 4.38. The normalized spacial score (nSPS) is 15.6. The smallest absolute Gasteiger partial charge is 0.334 e. The van der Waals surface area contributed by atoms with Crippen molar-refractivity contribution in [3.63, 3.8) is 0 Å². The molecule has 1 N–H and O–H groups in total. The number of nitrogens with zero attached hydrogens (tertiary/aromatic N) is 1. The van der Waals surface area contributed by atoms with E-state index in [1.165, 1.54) is 4.31 Å². The molecule has 0 saturated heterocycles. The zero-order chi connectivity index (χ0) is 26.2. The molecule has 0 saturated carbocycles. The highest BCUT2D eigenvalue weighted by molar-refractivity contribution is 7.92. The molecule has 1 aromatic heterocycles. The Balaban J connectivity index is 1.81. The minimum atomic E-state index is -3.96. The molecular formula is C29H28N2O5S.